The van der Waals surface area contributed by atoms with Crippen LogP contribution in [0, 0.1) is 0 Å². The van der Waals surface area contributed by atoms with Gasteiger partial charge in [-0.05, 0) is 61.8 Å². The molecule has 4 nitrogen and oxygen atoms in total. The number of hydrogen-bond acceptors (Lipinski definition) is 3. The molecule has 0 spiro atoms. The van der Waals surface area contributed by atoms with Crippen molar-refractivity contribution < 1.29 is 9.90 Å². The summed E-state index contributed by atoms with van der Waals surface area (Å²) in [5.41, 5.74) is 2.45. The largest absolute Gasteiger partial charge is 0.508 e. The number of carbonyl (C=O) groups excluding carboxylic acids is 1. The number of aromatic hydroxyl groups is 1. The van der Waals surface area contributed by atoms with Gasteiger partial charge in [0.05, 0.1) is 0 Å². The van der Waals surface area contributed by atoms with Gasteiger partial charge in [0.1, 0.15) is 5.75 Å². The maximum absolute atomic E-state index is 12.4. The van der Waals surface area contributed by atoms with Crippen molar-refractivity contribution in [2.75, 3.05) is 6.54 Å². The zero-order valence-corrected chi connectivity index (χ0v) is 17.5. The summed E-state index contributed by atoms with van der Waals surface area (Å²) < 4.78 is 0. The average Bonchev–Trinajstić information content (AvgIpc) is 2.94. The Hall–Kier alpha value is -2.33. The van der Waals surface area contributed by atoms with Gasteiger partial charge in [0, 0.05) is 38.1 Å². The first-order valence-electron chi connectivity index (χ1n) is 10.9. The van der Waals surface area contributed by atoms with Crippen LogP contribution in [0.5, 0.6) is 5.75 Å². The predicted octanol–water partition coefficient (Wildman–Crippen LogP) is 4.54. The minimum atomic E-state index is 0.142. The molecule has 2 heterocycles. The van der Waals surface area contributed by atoms with Gasteiger partial charge in [0.25, 0.3) is 0 Å². The molecule has 154 valence electrons. The molecule has 0 aliphatic carbocycles. The molecule has 0 radical (unpaired) electrons. The van der Waals surface area contributed by atoms with Crippen LogP contribution in [0.2, 0.25) is 0 Å². The summed E-state index contributed by atoms with van der Waals surface area (Å²) in [4.78, 5) is 17.0. The third-order valence-corrected chi connectivity index (χ3v) is 6.83. The van der Waals surface area contributed by atoms with Crippen LogP contribution in [0.1, 0.15) is 56.6 Å². The van der Waals surface area contributed by atoms with Gasteiger partial charge in [-0.1, -0.05) is 42.5 Å². The normalized spacial score (nSPS) is 25.0. The molecule has 4 heteroatoms. The number of carbonyl (C=O) groups is 1. The second kappa shape index (κ2) is 8.58. The lowest BCUT2D eigenvalue weighted by Crippen LogP contribution is -2.50. The number of phenols is 1. The number of rotatable bonds is 6. The predicted molar refractivity (Wildman–Crippen MR) is 116 cm³/mol. The van der Waals surface area contributed by atoms with Gasteiger partial charge >= 0.3 is 0 Å². The Morgan fingerprint density at radius 3 is 2.41 bits per heavy atom. The second-order valence-corrected chi connectivity index (χ2v) is 8.83. The smallest absolute Gasteiger partial charge is 0.220 e. The average molecular weight is 393 g/mol. The first kappa shape index (κ1) is 20.0. The maximum atomic E-state index is 12.4. The third kappa shape index (κ3) is 4.48. The monoisotopic (exact) mass is 392 g/mol. The van der Waals surface area contributed by atoms with Crippen LogP contribution in [0.3, 0.4) is 0 Å². The Labute approximate surface area is 174 Å². The molecule has 2 aromatic carbocycles. The van der Waals surface area contributed by atoms with Crippen LogP contribution < -0.4 is 0 Å². The van der Waals surface area contributed by atoms with E-state index >= 15 is 0 Å². The van der Waals surface area contributed by atoms with Crippen LogP contribution in [0.4, 0.5) is 0 Å². The van der Waals surface area contributed by atoms with Crippen LogP contribution >= 0.6 is 0 Å². The summed E-state index contributed by atoms with van der Waals surface area (Å²) in [6.07, 6.45) is 4.77. The van der Waals surface area contributed by atoms with Crippen molar-refractivity contribution in [2.24, 2.45) is 0 Å². The molecule has 29 heavy (non-hydrogen) atoms. The van der Waals surface area contributed by atoms with Gasteiger partial charge in [-0.3, -0.25) is 9.69 Å². The van der Waals surface area contributed by atoms with E-state index in [1.165, 1.54) is 24.0 Å². The molecule has 0 saturated carbocycles. The zero-order valence-electron chi connectivity index (χ0n) is 17.5. The van der Waals surface area contributed by atoms with E-state index in [-0.39, 0.29) is 11.9 Å². The van der Waals surface area contributed by atoms with E-state index in [2.05, 4.69) is 30.0 Å². The number of benzene rings is 2. The second-order valence-electron chi connectivity index (χ2n) is 8.83. The highest BCUT2D eigenvalue weighted by atomic mass is 16.3. The van der Waals surface area contributed by atoms with Gasteiger partial charge in [-0.2, -0.15) is 0 Å². The van der Waals surface area contributed by atoms with Gasteiger partial charge < -0.3 is 10.0 Å². The molecule has 4 atom stereocenters. The Bertz CT molecular complexity index is 824. The van der Waals surface area contributed by atoms with E-state index in [0.29, 0.717) is 30.3 Å². The quantitative estimate of drug-likeness (QED) is 0.785. The summed E-state index contributed by atoms with van der Waals surface area (Å²) >= 11 is 0. The highest BCUT2D eigenvalue weighted by Crippen LogP contribution is 2.43. The molecule has 2 aliphatic heterocycles. The lowest BCUT2D eigenvalue weighted by molar-refractivity contribution is -0.132. The molecule has 2 bridgehead atoms. The van der Waals surface area contributed by atoms with Crippen molar-refractivity contribution in [2.45, 2.75) is 70.1 Å². The fraction of sp³-hybridized carbons (Fsp3) is 0.480. The van der Waals surface area contributed by atoms with E-state index < -0.39 is 0 Å². The van der Waals surface area contributed by atoms with Gasteiger partial charge in [-0.15, -0.1) is 0 Å². The van der Waals surface area contributed by atoms with Crippen LogP contribution in [-0.4, -0.2) is 45.5 Å². The minimum Gasteiger partial charge on any atom is -0.508 e. The molecule has 1 unspecified atom stereocenters. The molecule has 4 rings (SSSR count). The summed E-state index contributed by atoms with van der Waals surface area (Å²) in [5, 5.41) is 9.85. The van der Waals surface area contributed by atoms with Crippen molar-refractivity contribution in [3.05, 3.63) is 65.7 Å². The molecule has 0 aromatic heterocycles. The minimum absolute atomic E-state index is 0.142. The number of amides is 1. The summed E-state index contributed by atoms with van der Waals surface area (Å²) in [7, 11) is 0. The zero-order chi connectivity index (χ0) is 20.4. The standard InChI is InChI=1S/C25H32N2O2/c1-18(26(19(2)28)17-20-7-4-3-5-8-20)16-27-23-11-12-24(27)14-22(13-23)21-9-6-10-25(29)15-21/h3-10,15,18,22-24,29H,11-14,16-17H2,1-2H3/t18-,22?,23-,24+/m1/s1. The van der Waals surface area contributed by atoms with E-state index in [1.54, 1.807) is 13.0 Å². The molecule has 2 fully saturated rings. The highest BCUT2D eigenvalue weighted by Gasteiger charge is 2.41. The Morgan fingerprint density at radius 1 is 1.10 bits per heavy atom. The fourth-order valence-corrected chi connectivity index (χ4v) is 5.38. The van der Waals surface area contributed by atoms with E-state index in [0.717, 1.165) is 19.4 Å². The van der Waals surface area contributed by atoms with Crippen molar-refractivity contribution in [3.63, 3.8) is 0 Å². The van der Waals surface area contributed by atoms with E-state index in [1.807, 2.05) is 35.2 Å². The van der Waals surface area contributed by atoms with Crippen LogP contribution in [0.15, 0.2) is 54.6 Å². The Balaban J connectivity index is 1.42. The molecule has 2 aromatic rings. The summed E-state index contributed by atoms with van der Waals surface area (Å²) in [6, 6.07) is 19.4. The lowest BCUT2D eigenvalue weighted by atomic mass is 9.85. The topological polar surface area (TPSA) is 43.8 Å². The van der Waals surface area contributed by atoms with Crippen molar-refractivity contribution in [3.8, 4) is 5.75 Å². The van der Waals surface area contributed by atoms with E-state index in [9.17, 15) is 9.90 Å². The molecular formula is C25H32N2O2. The van der Waals surface area contributed by atoms with Gasteiger partial charge in [0.15, 0.2) is 0 Å². The van der Waals surface area contributed by atoms with Gasteiger partial charge in [0.2, 0.25) is 5.91 Å². The first-order valence-corrected chi connectivity index (χ1v) is 10.9. The van der Waals surface area contributed by atoms with Crippen molar-refractivity contribution in [1.29, 1.82) is 0 Å². The van der Waals surface area contributed by atoms with Gasteiger partial charge in [-0.25, -0.2) is 0 Å². The fourth-order valence-electron chi connectivity index (χ4n) is 5.38. The number of hydrogen-bond donors (Lipinski definition) is 1. The number of piperidine rings is 1. The van der Waals surface area contributed by atoms with Crippen LogP contribution in [-0.2, 0) is 11.3 Å². The van der Waals surface area contributed by atoms with Crippen molar-refractivity contribution >= 4 is 5.91 Å². The molecule has 1 N–H and O–H groups in total. The summed E-state index contributed by atoms with van der Waals surface area (Å²) in [5.74, 6) is 1.03. The highest BCUT2D eigenvalue weighted by molar-refractivity contribution is 5.73. The van der Waals surface area contributed by atoms with Crippen LogP contribution in [0.25, 0.3) is 0 Å². The molecular weight excluding hydrogens is 360 g/mol. The molecule has 2 aliphatic rings. The van der Waals surface area contributed by atoms with Crippen molar-refractivity contribution in [1.82, 2.24) is 9.80 Å². The SMILES string of the molecule is CC(=O)N(Cc1ccccc1)[C@H](C)CN1[C@@H]2CC[C@H]1CC(c1cccc(O)c1)C2. The number of nitrogens with zero attached hydrogens (tertiary/aromatic N) is 2. The third-order valence-electron chi connectivity index (χ3n) is 6.83. The summed E-state index contributed by atoms with van der Waals surface area (Å²) in [6.45, 7) is 5.48. The molecule has 1 amide bonds. The number of fused-ring (bicyclic) bond motifs is 2. The van der Waals surface area contributed by atoms with E-state index in [4.69, 9.17) is 0 Å². The maximum Gasteiger partial charge on any atom is 0.220 e. The Kier molecular flexibility index (Phi) is 5.91. The number of phenolic OH excluding ortho intramolecular Hbond substituents is 1. The first-order chi connectivity index (χ1) is 14.0. The molecule has 2 saturated heterocycles. The Morgan fingerprint density at radius 2 is 1.79 bits per heavy atom. The lowest BCUT2D eigenvalue weighted by Gasteiger charge is -2.42.